The number of carboxylic acids is 1. The maximum absolute atomic E-state index is 12.4. The second kappa shape index (κ2) is 8.54. The van der Waals surface area contributed by atoms with Crippen molar-refractivity contribution in [3.05, 3.63) is 35.4 Å². The normalized spacial score (nSPS) is 18.6. The van der Waals surface area contributed by atoms with Gasteiger partial charge in [0.1, 0.15) is 5.60 Å². The Bertz CT molecular complexity index is 639. The molecular formula is C20H30N2O4. The number of carbonyl (C=O) groups excluding carboxylic acids is 1. The van der Waals surface area contributed by atoms with Crippen LogP contribution in [0, 0.1) is 0 Å². The van der Waals surface area contributed by atoms with Gasteiger partial charge < -0.3 is 14.7 Å². The topological polar surface area (TPSA) is 70.1 Å². The van der Waals surface area contributed by atoms with Crippen LogP contribution in [0.3, 0.4) is 0 Å². The molecule has 1 saturated heterocycles. The molecule has 0 unspecified atom stereocenters. The zero-order valence-electron chi connectivity index (χ0n) is 16.2. The van der Waals surface area contributed by atoms with E-state index in [1.54, 1.807) is 17.0 Å². The molecule has 1 aromatic rings. The first kappa shape index (κ1) is 20.2. The lowest BCUT2D eigenvalue weighted by atomic mass is 10.0. The van der Waals surface area contributed by atoms with E-state index in [1.165, 1.54) is 0 Å². The van der Waals surface area contributed by atoms with Crippen LogP contribution in [0.2, 0.25) is 0 Å². The molecule has 1 amide bonds. The second-order valence-corrected chi connectivity index (χ2v) is 7.80. The molecule has 1 heterocycles. The van der Waals surface area contributed by atoms with Gasteiger partial charge >= 0.3 is 12.1 Å². The van der Waals surface area contributed by atoms with Crippen LogP contribution in [0.5, 0.6) is 0 Å². The van der Waals surface area contributed by atoms with Crippen LogP contribution < -0.4 is 0 Å². The van der Waals surface area contributed by atoms with Crippen LogP contribution in [-0.2, 0) is 11.3 Å². The van der Waals surface area contributed by atoms with Gasteiger partial charge in [0.15, 0.2) is 0 Å². The number of benzene rings is 1. The number of piperazine rings is 1. The Labute approximate surface area is 155 Å². The van der Waals surface area contributed by atoms with Crippen LogP contribution in [0.15, 0.2) is 24.3 Å². The highest BCUT2D eigenvalue weighted by Crippen LogP contribution is 2.21. The highest BCUT2D eigenvalue weighted by atomic mass is 16.6. The van der Waals surface area contributed by atoms with Crippen LogP contribution in [0.1, 0.15) is 56.5 Å². The first-order valence-electron chi connectivity index (χ1n) is 9.24. The summed E-state index contributed by atoms with van der Waals surface area (Å²) in [5.74, 6) is -0.903. The number of ether oxygens (including phenoxy) is 1. The molecule has 0 radical (unpaired) electrons. The number of aromatic carboxylic acids is 1. The summed E-state index contributed by atoms with van der Waals surface area (Å²) in [5, 5.41) is 9.40. The standard InChI is InChI=1S/C20H30N2O4/c1-5-8-16-14-22(19(25)26-20(2,3)4)12-11-21(16)13-15-9-6-7-10-17(15)18(23)24/h6-7,9-10,16H,5,8,11-14H2,1-4H3,(H,23,24)/t16-/m1/s1. The molecular weight excluding hydrogens is 332 g/mol. The highest BCUT2D eigenvalue weighted by molar-refractivity contribution is 5.89. The van der Waals surface area contributed by atoms with Gasteiger partial charge in [-0.15, -0.1) is 0 Å². The van der Waals surface area contributed by atoms with E-state index in [4.69, 9.17) is 4.74 Å². The van der Waals surface area contributed by atoms with E-state index in [1.807, 2.05) is 32.9 Å². The number of carboxylic acid groups (broad SMARTS) is 1. The number of hydrogen-bond acceptors (Lipinski definition) is 4. The molecule has 1 atom stereocenters. The van der Waals surface area contributed by atoms with Crippen molar-refractivity contribution < 1.29 is 19.4 Å². The van der Waals surface area contributed by atoms with Gasteiger partial charge in [-0.3, -0.25) is 4.90 Å². The van der Waals surface area contributed by atoms with E-state index in [0.29, 0.717) is 31.7 Å². The summed E-state index contributed by atoms with van der Waals surface area (Å²) in [6.07, 6.45) is 1.68. The van der Waals surface area contributed by atoms with E-state index < -0.39 is 11.6 Å². The summed E-state index contributed by atoms with van der Waals surface area (Å²) >= 11 is 0. The van der Waals surface area contributed by atoms with E-state index in [2.05, 4.69) is 11.8 Å². The van der Waals surface area contributed by atoms with Gasteiger partial charge in [-0.05, 0) is 38.8 Å². The van der Waals surface area contributed by atoms with Crippen LogP contribution in [0.25, 0.3) is 0 Å². The van der Waals surface area contributed by atoms with Crippen molar-refractivity contribution in [2.24, 2.45) is 0 Å². The van der Waals surface area contributed by atoms with Crippen LogP contribution in [-0.4, -0.2) is 58.2 Å². The maximum Gasteiger partial charge on any atom is 0.410 e. The largest absolute Gasteiger partial charge is 0.478 e. The summed E-state index contributed by atoms with van der Waals surface area (Å²) in [4.78, 5) is 27.9. The molecule has 6 heteroatoms. The van der Waals surface area contributed by atoms with Gasteiger partial charge in [-0.1, -0.05) is 31.5 Å². The minimum atomic E-state index is -0.903. The predicted molar refractivity (Wildman–Crippen MR) is 100 cm³/mol. The predicted octanol–water partition coefficient (Wildman–Crippen LogP) is 3.61. The Morgan fingerprint density at radius 1 is 1.23 bits per heavy atom. The third-order valence-corrected chi connectivity index (χ3v) is 4.50. The average Bonchev–Trinajstić information content (AvgIpc) is 2.55. The molecule has 0 aromatic heterocycles. The van der Waals surface area contributed by atoms with Gasteiger partial charge in [-0.2, -0.15) is 0 Å². The number of rotatable bonds is 5. The monoisotopic (exact) mass is 362 g/mol. The fourth-order valence-electron chi connectivity index (χ4n) is 3.29. The molecule has 1 aliphatic heterocycles. The lowest BCUT2D eigenvalue weighted by Crippen LogP contribution is -2.55. The first-order chi connectivity index (χ1) is 12.2. The minimum absolute atomic E-state index is 0.197. The van der Waals surface area contributed by atoms with Crippen LogP contribution in [0.4, 0.5) is 4.79 Å². The number of carbonyl (C=O) groups is 2. The van der Waals surface area contributed by atoms with Crippen LogP contribution >= 0.6 is 0 Å². The molecule has 0 saturated carbocycles. The molecule has 144 valence electrons. The zero-order valence-corrected chi connectivity index (χ0v) is 16.2. The molecule has 26 heavy (non-hydrogen) atoms. The van der Waals surface area contributed by atoms with E-state index >= 15 is 0 Å². The molecule has 0 aliphatic carbocycles. The van der Waals surface area contributed by atoms with Gasteiger partial charge in [0, 0.05) is 32.2 Å². The van der Waals surface area contributed by atoms with Gasteiger partial charge in [-0.25, -0.2) is 9.59 Å². The van der Waals surface area contributed by atoms with Crippen molar-refractivity contribution >= 4 is 12.1 Å². The molecule has 2 rings (SSSR count). The SMILES string of the molecule is CCC[C@@H]1CN(C(=O)OC(C)(C)C)CCN1Cc1ccccc1C(=O)O. The summed E-state index contributed by atoms with van der Waals surface area (Å²) in [6, 6.07) is 7.32. The quantitative estimate of drug-likeness (QED) is 0.866. The Balaban J connectivity index is 2.09. The summed E-state index contributed by atoms with van der Waals surface area (Å²) in [5.41, 5.74) is 0.652. The number of amides is 1. The van der Waals surface area contributed by atoms with E-state index in [-0.39, 0.29) is 12.1 Å². The molecule has 1 aromatic carbocycles. The summed E-state index contributed by atoms with van der Waals surface area (Å²) in [6.45, 7) is 10.2. The van der Waals surface area contributed by atoms with Gasteiger partial charge in [0.25, 0.3) is 0 Å². The lowest BCUT2D eigenvalue weighted by molar-refractivity contribution is 0.00118. The van der Waals surface area contributed by atoms with Crippen molar-refractivity contribution in [3.63, 3.8) is 0 Å². The van der Waals surface area contributed by atoms with Gasteiger partial charge in [0.2, 0.25) is 0 Å². The summed E-state index contributed by atoms with van der Waals surface area (Å²) < 4.78 is 5.50. The van der Waals surface area contributed by atoms with Crippen molar-refractivity contribution in [3.8, 4) is 0 Å². The maximum atomic E-state index is 12.4. The third-order valence-electron chi connectivity index (χ3n) is 4.50. The molecule has 0 spiro atoms. The molecule has 1 N–H and O–H groups in total. The third kappa shape index (κ3) is 5.46. The van der Waals surface area contributed by atoms with Gasteiger partial charge in [0.05, 0.1) is 5.56 Å². The Morgan fingerprint density at radius 2 is 1.92 bits per heavy atom. The Kier molecular flexibility index (Phi) is 6.64. The molecule has 0 bridgehead atoms. The number of nitrogens with zero attached hydrogens (tertiary/aromatic N) is 2. The summed E-state index contributed by atoms with van der Waals surface area (Å²) in [7, 11) is 0. The fourth-order valence-corrected chi connectivity index (χ4v) is 3.29. The molecule has 6 nitrogen and oxygen atoms in total. The number of hydrogen-bond donors (Lipinski definition) is 1. The smallest absolute Gasteiger partial charge is 0.410 e. The molecule has 1 aliphatic rings. The van der Waals surface area contributed by atoms with E-state index in [0.717, 1.165) is 18.4 Å². The Hall–Kier alpha value is -2.08. The van der Waals surface area contributed by atoms with Crippen molar-refractivity contribution in [2.45, 2.75) is 58.7 Å². The average molecular weight is 362 g/mol. The first-order valence-corrected chi connectivity index (χ1v) is 9.24. The van der Waals surface area contributed by atoms with Crippen molar-refractivity contribution in [1.82, 2.24) is 9.80 Å². The molecule has 1 fully saturated rings. The highest BCUT2D eigenvalue weighted by Gasteiger charge is 2.31. The zero-order chi connectivity index (χ0) is 19.3. The lowest BCUT2D eigenvalue weighted by Gasteiger charge is -2.42. The second-order valence-electron chi connectivity index (χ2n) is 7.80. The Morgan fingerprint density at radius 3 is 2.54 bits per heavy atom. The van der Waals surface area contributed by atoms with E-state index in [9.17, 15) is 14.7 Å². The van der Waals surface area contributed by atoms with Crippen molar-refractivity contribution in [1.29, 1.82) is 0 Å². The minimum Gasteiger partial charge on any atom is -0.478 e. The fraction of sp³-hybridized carbons (Fsp3) is 0.600. The van der Waals surface area contributed by atoms with Crippen molar-refractivity contribution in [2.75, 3.05) is 19.6 Å².